The van der Waals surface area contributed by atoms with Gasteiger partial charge < -0.3 is 15.0 Å². The van der Waals surface area contributed by atoms with E-state index in [-0.39, 0.29) is 37.5 Å². The second kappa shape index (κ2) is 9.41. The first-order chi connectivity index (χ1) is 13.4. The SMILES string of the molecule is CCOC(=O)N1CCN(S(=O)(=O)N2CCC[C@@H](C(=O)NC3CCCC3)C2)CC1. The lowest BCUT2D eigenvalue weighted by Gasteiger charge is -2.38. The first-order valence-corrected chi connectivity index (χ1v) is 11.8. The molecule has 3 fully saturated rings. The van der Waals surface area contributed by atoms with E-state index in [0.29, 0.717) is 32.7 Å². The number of rotatable bonds is 5. The van der Waals surface area contributed by atoms with Gasteiger partial charge >= 0.3 is 6.09 Å². The number of amides is 2. The minimum absolute atomic E-state index is 0.0149. The summed E-state index contributed by atoms with van der Waals surface area (Å²) in [6.45, 7) is 3.85. The van der Waals surface area contributed by atoms with Gasteiger partial charge in [-0.05, 0) is 32.6 Å². The summed E-state index contributed by atoms with van der Waals surface area (Å²) in [4.78, 5) is 25.9. The molecule has 1 N–H and O–H groups in total. The van der Waals surface area contributed by atoms with Crippen molar-refractivity contribution >= 4 is 22.2 Å². The van der Waals surface area contributed by atoms with E-state index in [1.807, 2.05) is 0 Å². The fourth-order valence-electron chi connectivity index (χ4n) is 4.23. The van der Waals surface area contributed by atoms with Gasteiger partial charge in [0, 0.05) is 45.3 Å². The molecule has 0 unspecified atom stereocenters. The Balaban J connectivity index is 1.54. The topological polar surface area (TPSA) is 99.3 Å². The molecule has 10 heteroatoms. The van der Waals surface area contributed by atoms with E-state index in [0.717, 1.165) is 32.1 Å². The predicted octanol–water partition coefficient (Wildman–Crippen LogP) is 0.776. The van der Waals surface area contributed by atoms with Crippen molar-refractivity contribution in [2.75, 3.05) is 45.9 Å². The zero-order chi connectivity index (χ0) is 20.1. The van der Waals surface area contributed by atoms with Crippen LogP contribution in [0.4, 0.5) is 4.79 Å². The van der Waals surface area contributed by atoms with Gasteiger partial charge in [-0.1, -0.05) is 12.8 Å². The van der Waals surface area contributed by atoms with Crippen molar-refractivity contribution in [2.45, 2.75) is 51.5 Å². The molecule has 160 valence electrons. The second-order valence-electron chi connectivity index (χ2n) is 7.78. The molecule has 2 saturated heterocycles. The molecule has 1 saturated carbocycles. The van der Waals surface area contributed by atoms with E-state index >= 15 is 0 Å². The number of piperidine rings is 1. The molecule has 9 nitrogen and oxygen atoms in total. The van der Waals surface area contributed by atoms with Crippen LogP contribution in [-0.4, -0.2) is 85.8 Å². The third kappa shape index (κ3) is 4.96. The lowest BCUT2D eigenvalue weighted by Crippen LogP contribution is -2.56. The molecule has 0 radical (unpaired) electrons. The maximum atomic E-state index is 13.0. The Morgan fingerprint density at radius 3 is 2.29 bits per heavy atom. The van der Waals surface area contributed by atoms with Crippen molar-refractivity contribution < 1.29 is 22.7 Å². The molecular formula is C18H32N4O5S. The first kappa shape index (κ1) is 21.3. The maximum Gasteiger partial charge on any atom is 0.409 e. The normalized spacial score (nSPS) is 25.6. The molecule has 0 aromatic heterocycles. The molecule has 3 aliphatic rings. The number of nitrogens with zero attached hydrogens (tertiary/aromatic N) is 3. The average molecular weight is 417 g/mol. The number of hydrogen-bond donors (Lipinski definition) is 1. The lowest BCUT2D eigenvalue weighted by molar-refractivity contribution is -0.126. The molecule has 0 aromatic rings. The zero-order valence-corrected chi connectivity index (χ0v) is 17.5. The fraction of sp³-hybridized carbons (Fsp3) is 0.889. The highest BCUT2D eigenvalue weighted by atomic mass is 32.2. The number of carbonyl (C=O) groups excluding carboxylic acids is 2. The van der Waals surface area contributed by atoms with Gasteiger partial charge in [-0.15, -0.1) is 0 Å². The van der Waals surface area contributed by atoms with E-state index in [1.54, 1.807) is 6.92 Å². The molecular weight excluding hydrogens is 384 g/mol. The summed E-state index contributed by atoms with van der Waals surface area (Å²) < 4.78 is 33.9. The van der Waals surface area contributed by atoms with Gasteiger partial charge in [0.25, 0.3) is 10.2 Å². The summed E-state index contributed by atoms with van der Waals surface area (Å²) in [5.74, 6) is -0.302. The van der Waals surface area contributed by atoms with Crippen LogP contribution in [-0.2, 0) is 19.7 Å². The zero-order valence-electron chi connectivity index (χ0n) is 16.6. The fourth-order valence-corrected chi connectivity index (χ4v) is 5.91. The molecule has 0 aromatic carbocycles. The Labute approximate surface area is 167 Å². The van der Waals surface area contributed by atoms with Gasteiger partial charge in [-0.2, -0.15) is 17.0 Å². The van der Waals surface area contributed by atoms with E-state index < -0.39 is 16.3 Å². The van der Waals surface area contributed by atoms with Gasteiger partial charge in [0.2, 0.25) is 5.91 Å². The Morgan fingerprint density at radius 1 is 0.964 bits per heavy atom. The van der Waals surface area contributed by atoms with Crippen molar-refractivity contribution in [1.82, 2.24) is 18.8 Å². The van der Waals surface area contributed by atoms with Crippen molar-refractivity contribution in [3.05, 3.63) is 0 Å². The Morgan fingerprint density at radius 2 is 1.64 bits per heavy atom. The number of nitrogens with one attached hydrogen (secondary N) is 1. The van der Waals surface area contributed by atoms with Crippen LogP contribution in [0.25, 0.3) is 0 Å². The minimum Gasteiger partial charge on any atom is -0.450 e. The Kier molecular flexibility index (Phi) is 7.16. The van der Waals surface area contributed by atoms with E-state index in [1.165, 1.54) is 13.5 Å². The average Bonchev–Trinajstić information content (AvgIpc) is 3.21. The van der Waals surface area contributed by atoms with E-state index in [2.05, 4.69) is 5.32 Å². The third-order valence-electron chi connectivity index (χ3n) is 5.87. The summed E-state index contributed by atoms with van der Waals surface area (Å²) >= 11 is 0. The van der Waals surface area contributed by atoms with Gasteiger partial charge in [0.1, 0.15) is 0 Å². The molecule has 2 heterocycles. The number of hydrogen-bond acceptors (Lipinski definition) is 5. The Bertz CT molecular complexity index is 657. The van der Waals surface area contributed by atoms with E-state index in [9.17, 15) is 18.0 Å². The predicted molar refractivity (Wildman–Crippen MR) is 104 cm³/mol. The second-order valence-corrected chi connectivity index (χ2v) is 9.71. The molecule has 1 aliphatic carbocycles. The monoisotopic (exact) mass is 416 g/mol. The van der Waals surface area contributed by atoms with E-state index in [4.69, 9.17) is 4.74 Å². The van der Waals surface area contributed by atoms with Crippen LogP contribution in [0, 0.1) is 5.92 Å². The van der Waals surface area contributed by atoms with Gasteiger partial charge in [-0.3, -0.25) is 4.79 Å². The summed E-state index contributed by atoms with van der Waals surface area (Å²) in [5.41, 5.74) is 0. The van der Waals surface area contributed by atoms with Crippen LogP contribution < -0.4 is 5.32 Å². The third-order valence-corrected chi connectivity index (χ3v) is 7.88. The lowest BCUT2D eigenvalue weighted by atomic mass is 9.98. The molecule has 1 atom stereocenters. The molecule has 2 amide bonds. The van der Waals surface area contributed by atoms with Crippen LogP contribution in [0.5, 0.6) is 0 Å². The van der Waals surface area contributed by atoms with Crippen molar-refractivity contribution in [3.63, 3.8) is 0 Å². The molecule has 0 spiro atoms. The summed E-state index contributed by atoms with van der Waals surface area (Å²) in [6.07, 6.45) is 5.34. The largest absolute Gasteiger partial charge is 0.450 e. The smallest absolute Gasteiger partial charge is 0.409 e. The van der Waals surface area contributed by atoms with Crippen molar-refractivity contribution in [3.8, 4) is 0 Å². The van der Waals surface area contributed by atoms with Crippen LogP contribution in [0.3, 0.4) is 0 Å². The highest BCUT2D eigenvalue weighted by Gasteiger charge is 2.38. The molecule has 2 aliphatic heterocycles. The quantitative estimate of drug-likeness (QED) is 0.714. The number of piperazine rings is 1. The van der Waals surface area contributed by atoms with Crippen molar-refractivity contribution in [2.24, 2.45) is 5.92 Å². The Hall–Kier alpha value is -1.39. The first-order valence-electron chi connectivity index (χ1n) is 10.4. The molecule has 28 heavy (non-hydrogen) atoms. The highest BCUT2D eigenvalue weighted by molar-refractivity contribution is 7.86. The van der Waals surface area contributed by atoms with Crippen LogP contribution in [0.2, 0.25) is 0 Å². The van der Waals surface area contributed by atoms with Crippen molar-refractivity contribution in [1.29, 1.82) is 0 Å². The van der Waals surface area contributed by atoms with Crippen LogP contribution in [0.15, 0.2) is 0 Å². The molecule has 3 rings (SSSR count). The maximum absolute atomic E-state index is 13.0. The highest BCUT2D eigenvalue weighted by Crippen LogP contribution is 2.24. The molecule has 0 bridgehead atoms. The van der Waals surface area contributed by atoms with Gasteiger partial charge in [0.15, 0.2) is 0 Å². The minimum atomic E-state index is -3.63. The summed E-state index contributed by atoms with van der Waals surface area (Å²) in [7, 11) is -3.63. The van der Waals surface area contributed by atoms with Gasteiger partial charge in [0.05, 0.1) is 12.5 Å². The summed E-state index contributed by atoms with van der Waals surface area (Å²) in [5, 5.41) is 3.10. The van der Waals surface area contributed by atoms with Crippen LogP contribution >= 0.6 is 0 Å². The standard InChI is InChI=1S/C18H32N4O5S/c1-2-27-18(24)20-10-12-21(13-11-20)28(25,26)22-9-5-6-15(14-22)17(23)19-16-7-3-4-8-16/h15-16H,2-14H2,1H3,(H,19,23)/t15-/m1/s1. The number of ether oxygens (including phenoxy) is 1. The number of carbonyl (C=O) groups is 2. The summed E-state index contributed by atoms with van der Waals surface area (Å²) in [6, 6.07) is 0.246. The van der Waals surface area contributed by atoms with Gasteiger partial charge in [-0.25, -0.2) is 4.79 Å². The van der Waals surface area contributed by atoms with Crippen LogP contribution in [0.1, 0.15) is 45.4 Å².